The van der Waals surface area contributed by atoms with E-state index in [-0.39, 0.29) is 0 Å². The lowest BCUT2D eigenvalue weighted by Gasteiger charge is -2.01. The first-order valence-electron chi connectivity index (χ1n) is 4.04. The summed E-state index contributed by atoms with van der Waals surface area (Å²) in [6.45, 7) is 1.49. The van der Waals surface area contributed by atoms with Crippen LogP contribution in [0.2, 0.25) is 0 Å². The maximum atomic E-state index is 5.30. The van der Waals surface area contributed by atoms with Gasteiger partial charge in [-0.3, -0.25) is 0 Å². The molecule has 3 heteroatoms. The lowest BCUT2D eigenvalue weighted by atomic mass is 10.2. The molecule has 0 bridgehead atoms. The molecule has 2 rings (SSSR count). The zero-order valence-electron chi connectivity index (χ0n) is 7.05. The van der Waals surface area contributed by atoms with E-state index in [2.05, 4.69) is 22.8 Å². The van der Waals surface area contributed by atoms with Crippen molar-refractivity contribution in [3.8, 4) is 5.75 Å². The number of benzene rings is 1. The van der Waals surface area contributed by atoms with Gasteiger partial charge in [0.2, 0.25) is 0 Å². The Hall–Kier alpha value is -1.22. The molecule has 0 radical (unpaired) electrons. The van der Waals surface area contributed by atoms with Crippen LogP contribution in [0.15, 0.2) is 18.2 Å². The molecule has 1 heterocycles. The zero-order valence-corrected chi connectivity index (χ0v) is 7.05. The summed E-state index contributed by atoms with van der Waals surface area (Å²) in [7, 11) is 1.94. The van der Waals surface area contributed by atoms with Crippen molar-refractivity contribution in [3.63, 3.8) is 0 Å². The van der Waals surface area contributed by atoms with Gasteiger partial charge in [0.15, 0.2) is 6.73 Å². The van der Waals surface area contributed by atoms with Crippen LogP contribution in [0.1, 0.15) is 5.56 Å². The average Bonchev–Trinajstić information content (AvgIpc) is 2.51. The fraction of sp³-hybridized carbons (Fsp3) is 0.333. The molecule has 2 N–H and O–H groups in total. The molecule has 1 aromatic rings. The van der Waals surface area contributed by atoms with E-state index >= 15 is 0 Å². The zero-order chi connectivity index (χ0) is 8.39. The number of hydrogen-bond donors (Lipinski definition) is 2. The lowest BCUT2D eigenvalue weighted by Crippen LogP contribution is -2.04. The molecule has 0 aromatic heterocycles. The van der Waals surface area contributed by atoms with Crippen LogP contribution in [-0.2, 0) is 6.54 Å². The van der Waals surface area contributed by atoms with E-state index in [4.69, 9.17) is 4.74 Å². The van der Waals surface area contributed by atoms with Gasteiger partial charge in [0, 0.05) is 6.54 Å². The van der Waals surface area contributed by atoms with Crippen molar-refractivity contribution < 1.29 is 4.74 Å². The fourth-order valence-corrected chi connectivity index (χ4v) is 1.35. The second-order valence-corrected chi connectivity index (χ2v) is 2.83. The Labute approximate surface area is 71.7 Å². The van der Waals surface area contributed by atoms with Crippen LogP contribution < -0.4 is 15.4 Å². The molecule has 1 aromatic carbocycles. The minimum Gasteiger partial charge on any atom is -0.471 e. The standard InChI is InChI=1S/C9H12N2O/c1-10-5-7-2-3-9-8(4-7)11-6-12-9/h2-4,10-11H,5-6H2,1H3. The summed E-state index contributed by atoms with van der Waals surface area (Å²) in [5, 5.41) is 6.26. The number of fused-ring (bicyclic) bond motifs is 1. The Morgan fingerprint density at radius 3 is 3.33 bits per heavy atom. The Morgan fingerprint density at radius 1 is 1.58 bits per heavy atom. The van der Waals surface area contributed by atoms with E-state index in [0.717, 1.165) is 18.0 Å². The van der Waals surface area contributed by atoms with Crippen LogP contribution in [0.4, 0.5) is 5.69 Å². The minimum atomic E-state index is 0.596. The maximum absolute atomic E-state index is 5.30. The highest BCUT2D eigenvalue weighted by Gasteiger charge is 2.09. The molecule has 0 spiro atoms. The molecular formula is C9H12N2O. The summed E-state index contributed by atoms with van der Waals surface area (Å²) in [6.07, 6.45) is 0. The van der Waals surface area contributed by atoms with Crippen LogP contribution in [-0.4, -0.2) is 13.8 Å². The first-order chi connectivity index (χ1) is 5.90. The van der Waals surface area contributed by atoms with Gasteiger partial charge in [-0.1, -0.05) is 6.07 Å². The predicted molar refractivity (Wildman–Crippen MR) is 48.3 cm³/mol. The van der Waals surface area contributed by atoms with Crippen molar-refractivity contribution in [3.05, 3.63) is 23.8 Å². The fourth-order valence-electron chi connectivity index (χ4n) is 1.35. The lowest BCUT2D eigenvalue weighted by molar-refractivity contribution is 0.372. The van der Waals surface area contributed by atoms with Crippen molar-refractivity contribution >= 4 is 5.69 Å². The molecule has 64 valence electrons. The largest absolute Gasteiger partial charge is 0.471 e. The Balaban J connectivity index is 2.26. The molecule has 1 aliphatic rings. The van der Waals surface area contributed by atoms with Gasteiger partial charge in [-0.15, -0.1) is 0 Å². The van der Waals surface area contributed by atoms with Crippen LogP contribution in [0.3, 0.4) is 0 Å². The molecule has 0 aliphatic carbocycles. The highest BCUT2D eigenvalue weighted by molar-refractivity contribution is 5.60. The summed E-state index contributed by atoms with van der Waals surface area (Å²) in [5.41, 5.74) is 2.37. The van der Waals surface area contributed by atoms with E-state index in [0.29, 0.717) is 6.73 Å². The van der Waals surface area contributed by atoms with E-state index in [1.165, 1.54) is 5.56 Å². The normalized spacial score (nSPS) is 13.4. The third kappa shape index (κ3) is 1.23. The van der Waals surface area contributed by atoms with Crippen LogP contribution in [0, 0.1) is 0 Å². The second-order valence-electron chi connectivity index (χ2n) is 2.83. The third-order valence-electron chi connectivity index (χ3n) is 1.92. The van der Waals surface area contributed by atoms with E-state index in [1.807, 2.05) is 13.1 Å². The second kappa shape index (κ2) is 3.03. The van der Waals surface area contributed by atoms with Gasteiger partial charge in [0.05, 0.1) is 5.69 Å². The van der Waals surface area contributed by atoms with Gasteiger partial charge >= 0.3 is 0 Å². The highest BCUT2D eigenvalue weighted by Crippen LogP contribution is 2.29. The molecule has 0 atom stereocenters. The molecule has 12 heavy (non-hydrogen) atoms. The molecule has 0 unspecified atom stereocenters. The Bertz CT molecular complexity index is 286. The quantitative estimate of drug-likeness (QED) is 0.688. The van der Waals surface area contributed by atoms with Gasteiger partial charge < -0.3 is 15.4 Å². The van der Waals surface area contributed by atoms with Crippen molar-refractivity contribution in [2.45, 2.75) is 6.54 Å². The summed E-state index contributed by atoms with van der Waals surface area (Å²) >= 11 is 0. The summed E-state index contributed by atoms with van der Waals surface area (Å²) < 4.78 is 5.30. The van der Waals surface area contributed by atoms with Gasteiger partial charge in [0.25, 0.3) is 0 Å². The van der Waals surface area contributed by atoms with Crippen molar-refractivity contribution in [2.75, 3.05) is 19.1 Å². The van der Waals surface area contributed by atoms with Crippen LogP contribution >= 0.6 is 0 Å². The monoisotopic (exact) mass is 164 g/mol. The number of rotatable bonds is 2. The van der Waals surface area contributed by atoms with Gasteiger partial charge in [-0.05, 0) is 24.7 Å². The molecule has 0 amide bonds. The first-order valence-corrected chi connectivity index (χ1v) is 4.04. The third-order valence-corrected chi connectivity index (χ3v) is 1.92. The molecule has 1 aliphatic heterocycles. The number of ether oxygens (including phenoxy) is 1. The van der Waals surface area contributed by atoms with Crippen molar-refractivity contribution in [1.29, 1.82) is 0 Å². The topological polar surface area (TPSA) is 33.3 Å². The Morgan fingerprint density at radius 2 is 2.50 bits per heavy atom. The smallest absolute Gasteiger partial charge is 0.159 e. The molecule has 0 saturated carbocycles. The number of nitrogens with one attached hydrogen (secondary N) is 2. The van der Waals surface area contributed by atoms with Gasteiger partial charge in [0.1, 0.15) is 5.75 Å². The number of anilines is 1. The minimum absolute atomic E-state index is 0.596. The van der Waals surface area contributed by atoms with Gasteiger partial charge in [-0.25, -0.2) is 0 Å². The van der Waals surface area contributed by atoms with E-state index in [9.17, 15) is 0 Å². The predicted octanol–water partition coefficient (Wildman–Crippen LogP) is 1.17. The summed E-state index contributed by atoms with van der Waals surface area (Å²) in [6, 6.07) is 6.18. The number of hydrogen-bond acceptors (Lipinski definition) is 3. The first kappa shape index (κ1) is 7.43. The SMILES string of the molecule is CNCc1ccc2c(c1)NCO2. The summed E-state index contributed by atoms with van der Waals surface area (Å²) in [5.74, 6) is 0.954. The maximum Gasteiger partial charge on any atom is 0.159 e. The molecule has 0 fully saturated rings. The van der Waals surface area contributed by atoms with Gasteiger partial charge in [-0.2, -0.15) is 0 Å². The summed E-state index contributed by atoms with van der Waals surface area (Å²) in [4.78, 5) is 0. The average molecular weight is 164 g/mol. The Kier molecular flexibility index (Phi) is 1.87. The van der Waals surface area contributed by atoms with Crippen molar-refractivity contribution in [2.24, 2.45) is 0 Å². The van der Waals surface area contributed by atoms with Crippen LogP contribution in [0.25, 0.3) is 0 Å². The molecular weight excluding hydrogens is 152 g/mol. The molecule has 3 nitrogen and oxygen atoms in total. The highest BCUT2D eigenvalue weighted by atomic mass is 16.5. The van der Waals surface area contributed by atoms with E-state index in [1.54, 1.807) is 0 Å². The van der Waals surface area contributed by atoms with Crippen molar-refractivity contribution in [1.82, 2.24) is 5.32 Å². The molecule has 0 saturated heterocycles. The van der Waals surface area contributed by atoms with Crippen LogP contribution in [0.5, 0.6) is 5.75 Å². The van der Waals surface area contributed by atoms with E-state index < -0.39 is 0 Å².